The maximum absolute atomic E-state index is 13.4. The number of carbonyl (C=O) groups is 2. The van der Waals surface area contributed by atoms with Crippen molar-refractivity contribution in [2.24, 2.45) is 0 Å². The van der Waals surface area contributed by atoms with E-state index in [1.165, 1.54) is 0 Å². The maximum Gasteiger partial charge on any atom is 0.410 e. The Labute approximate surface area is 226 Å². The number of benzene rings is 1. The van der Waals surface area contributed by atoms with E-state index >= 15 is 0 Å². The summed E-state index contributed by atoms with van der Waals surface area (Å²) in [7, 11) is 1.54. The molecule has 1 N–H and O–H groups in total. The number of anilines is 1. The highest BCUT2D eigenvalue weighted by Gasteiger charge is 2.34. The van der Waals surface area contributed by atoms with Crippen molar-refractivity contribution in [3.8, 4) is 17.3 Å². The number of nitrogens with zero attached hydrogens (tertiary/aromatic N) is 5. The van der Waals surface area contributed by atoms with Crippen molar-refractivity contribution in [3.05, 3.63) is 52.8 Å². The number of hydrogen-bond acceptors (Lipinski definition) is 8. The Bertz CT molecular complexity index is 1430. The summed E-state index contributed by atoms with van der Waals surface area (Å²) in [6, 6.07) is 9.11. The van der Waals surface area contributed by atoms with Crippen LogP contribution in [0, 0.1) is 0 Å². The van der Waals surface area contributed by atoms with Gasteiger partial charge in [-0.3, -0.25) is 4.79 Å². The molecule has 1 fully saturated rings. The molecule has 3 aromatic rings. The Hall–Kier alpha value is -3.99. The minimum Gasteiger partial charge on any atom is -0.496 e. The second-order valence-corrected chi connectivity index (χ2v) is 10.8. The van der Waals surface area contributed by atoms with E-state index in [9.17, 15) is 9.59 Å². The SMILES string of the molecule is COc1cc2c(cc1C(=O)Nc1cccc(-c3nnc4n3C(C)(C)CC4)n1)CN(C(=O)OC1CCOC1)CC2. The lowest BCUT2D eigenvalue weighted by atomic mass is 9.96. The first-order valence-corrected chi connectivity index (χ1v) is 13.3. The van der Waals surface area contributed by atoms with Gasteiger partial charge in [-0.2, -0.15) is 0 Å². The third-order valence-corrected chi connectivity index (χ3v) is 7.71. The highest BCUT2D eigenvalue weighted by Crippen LogP contribution is 2.35. The number of fused-ring (bicyclic) bond motifs is 2. The van der Waals surface area contributed by atoms with E-state index in [0.717, 1.165) is 29.8 Å². The van der Waals surface area contributed by atoms with Crippen molar-refractivity contribution in [2.45, 2.75) is 57.7 Å². The van der Waals surface area contributed by atoms with Crippen LogP contribution in [0.15, 0.2) is 30.3 Å². The van der Waals surface area contributed by atoms with E-state index in [1.54, 1.807) is 24.1 Å². The van der Waals surface area contributed by atoms with Crippen LogP contribution in [-0.2, 0) is 34.4 Å². The van der Waals surface area contributed by atoms with Crippen LogP contribution in [0.1, 0.15) is 54.0 Å². The molecule has 3 aliphatic heterocycles. The average molecular weight is 533 g/mol. The molecule has 11 nitrogen and oxygen atoms in total. The highest BCUT2D eigenvalue weighted by atomic mass is 16.6. The zero-order valence-corrected chi connectivity index (χ0v) is 22.4. The van der Waals surface area contributed by atoms with Crippen LogP contribution < -0.4 is 10.1 Å². The molecule has 0 saturated carbocycles. The number of ether oxygens (including phenoxy) is 3. The molecule has 204 valence electrons. The third-order valence-electron chi connectivity index (χ3n) is 7.71. The summed E-state index contributed by atoms with van der Waals surface area (Å²) in [5, 5.41) is 11.6. The Balaban J connectivity index is 1.21. The van der Waals surface area contributed by atoms with E-state index in [2.05, 4.69) is 38.9 Å². The number of methoxy groups -OCH3 is 1. The third kappa shape index (κ3) is 4.82. The van der Waals surface area contributed by atoms with Crippen LogP contribution in [-0.4, -0.2) is 69.6 Å². The van der Waals surface area contributed by atoms with Crippen molar-refractivity contribution in [2.75, 3.05) is 32.2 Å². The molecular formula is C28H32N6O5. The fourth-order valence-corrected chi connectivity index (χ4v) is 5.53. The Morgan fingerprint density at radius 1 is 1.15 bits per heavy atom. The molecule has 1 saturated heterocycles. The maximum atomic E-state index is 13.4. The topological polar surface area (TPSA) is 121 Å². The van der Waals surface area contributed by atoms with Crippen LogP contribution >= 0.6 is 0 Å². The van der Waals surface area contributed by atoms with Crippen LogP contribution in [0.5, 0.6) is 5.75 Å². The second-order valence-electron chi connectivity index (χ2n) is 10.8. The number of pyridine rings is 1. The minimum absolute atomic E-state index is 0.100. The standard InChI is InChI=1S/C28H32N6O5/c1-28(2)10-7-24-31-32-25(34(24)28)21-5-4-6-23(29-21)30-26(35)20-13-18-15-33(11-8-17(18)14-22(20)37-3)27(36)39-19-9-12-38-16-19/h4-6,13-14,19H,7-12,15-16H2,1-3H3,(H,29,30,35). The first kappa shape index (κ1) is 25.3. The van der Waals surface area contributed by atoms with Gasteiger partial charge in [-0.15, -0.1) is 10.2 Å². The Morgan fingerprint density at radius 3 is 2.82 bits per heavy atom. The largest absolute Gasteiger partial charge is 0.496 e. The molecule has 39 heavy (non-hydrogen) atoms. The van der Waals surface area contributed by atoms with Crippen molar-refractivity contribution in [3.63, 3.8) is 0 Å². The smallest absolute Gasteiger partial charge is 0.410 e. The Kier molecular flexibility index (Phi) is 6.46. The molecule has 2 amide bonds. The van der Waals surface area contributed by atoms with E-state index in [4.69, 9.17) is 14.2 Å². The molecule has 0 bridgehead atoms. The van der Waals surface area contributed by atoms with Gasteiger partial charge in [-0.1, -0.05) is 6.07 Å². The molecular weight excluding hydrogens is 500 g/mol. The van der Waals surface area contributed by atoms with E-state index in [0.29, 0.717) is 67.8 Å². The molecule has 5 heterocycles. The Morgan fingerprint density at radius 2 is 2.03 bits per heavy atom. The molecule has 0 spiro atoms. The van der Waals surface area contributed by atoms with Gasteiger partial charge >= 0.3 is 6.09 Å². The van der Waals surface area contributed by atoms with Gasteiger partial charge in [0.2, 0.25) is 0 Å². The number of amides is 2. The fourth-order valence-electron chi connectivity index (χ4n) is 5.53. The number of aryl methyl sites for hydroxylation is 1. The lowest BCUT2D eigenvalue weighted by Gasteiger charge is -2.29. The fraction of sp³-hybridized carbons (Fsp3) is 0.464. The monoisotopic (exact) mass is 532 g/mol. The van der Waals surface area contributed by atoms with Crippen molar-refractivity contribution in [1.29, 1.82) is 0 Å². The van der Waals surface area contributed by atoms with Crippen molar-refractivity contribution >= 4 is 17.8 Å². The number of aromatic nitrogens is 4. The van der Waals surface area contributed by atoms with Gasteiger partial charge in [0.05, 0.1) is 25.9 Å². The molecule has 2 aromatic heterocycles. The van der Waals surface area contributed by atoms with Gasteiger partial charge in [-0.25, -0.2) is 9.78 Å². The van der Waals surface area contributed by atoms with Gasteiger partial charge < -0.3 is 29.0 Å². The predicted octanol–water partition coefficient (Wildman–Crippen LogP) is 3.57. The van der Waals surface area contributed by atoms with Crippen LogP contribution in [0.2, 0.25) is 0 Å². The number of carbonyl (C=O) groups excluding carboxylic acids is 2. The van der Waals surface area contributed by atoms with Crippen molar-refractivity contribution < 1.29 is 23.8 Å². The van der Waals surface area contributed by atoms with Gasteiger partial charge in [0, 0.05) is 31.5 Å². The molecule has 1 unspecified atom stereocenters. The molecule has 1 aromatic carbocycles. The van der Waals surface area contributed by atoms with Gasteiger partial charge in [-0.05, 0) is 62.1 Å². The average Bonchev–Trinajstić information content (AvgIpc) is 3.67. The lowest BCUT2D eigenvalue weighted by Crippen LogP contribution is -2.38. The summed E-state index contributed by atoms with van der Waals surface area (Å²) in [4.78, 5) is 32.5. The van der Waals surface area contributed by atoms with Gasteiger partial charge in [0.25, 0.3) is 5.91 Å². The number of hydrogen-bond donors (Lipinski definition) is 1. The first-order valence-electron chi connectivity index (χ1n) is 13.3. The number of nitrogens with one attached hydrogen (secondary N) is 1. The zero-order valence-electron chi connectivity index (χ0n) is 22.4. The molecule has 1 atom stereocenters. The van der Waals surface area contributed by atoms with E-state index in [-0.39, 0.29) is 23.6 Å². The summed E-state index contributed by atoms with van der Waals surface area (Å²) in [5.74, 6) is 2.15. The van der Waals surface area contributed by atoms with Gasteiger partial charge in [0.1, 0.15) is 29.2 Å². The second kappa shape index (κ2) is 9.96. The van der Waals surface area contributed by atoms with Crippen LogP contribution in [0.4, 0.5) is 10.6 Å². The summed E-state index contributed by atoms with van der Waals surface area (Å²) in [6.07, 6.45) is 2.66. The highest BCUT2D eigenvalue weighted by molar-refractivity contribution is 6.06. The summed E-state index contributed by atoms with van der Waals surface area (Å²) in [6.45, 7) is 6.25. The molecule has 0 aliphatic carbocycles. The number of rotatable bonds is 5. The van der Waals surface area contributed by atoms with Crippen molar-refractivity contribution in [1.82, 2.24) is 24.6 Å². The molecule has 0 radical (unpaired) electrons. The first-order chi connectivity index (χ1) is 18.8. The molecule has 11 heteroatoms. The van der Waals surface area contributed by atoms with E-state index in [1.807, 2.05) is 18.2 Å². The molecule has 3 aliphatic rings. The summed E-state index contributed by atoms with van der Waals surface area (Å²) >= 11 is 0. The summed E-state index contributed by atoms with van der Waals surface area (Å²) in [5.41, 5.74) is 2.83. The van der Waals surface area contributed by atoms with E-state index < -0.39 is 0 Å². The predicted molar refractivity (Wildman–Crippen MR) is 142 cm³/mol. The normalized spacial score (nSPS) is 19.4. The molecule has 6 rings (SSSR count). The zero-order chi connectivity index (χ0) is 27.1. The van der Waals surface area contributed by atoms with Crippen LogP contribution in [0.3, 0.4) is 0 Å². The minimum atomic E-state index is -0.359. The quantitative estimate of drug-likeness (QED) is 0.530. The lowest BCUT2D eigenvalue weighted by molar-refractivity contribution is 0.0516. The summed E-state index contributed by atoms with van der Waals surface area (Å²) < 4.78 is 18.6. The van der Waals surface area contributed by atoms with Gasteiger partial charge in [0.15, 0.2) is 5.82 Å². The van der Waals surface area contributed by atoms with Crippen LogP contribution in [0.25, 0.3) is 11.5 Å².